The molecular formula is C21H21F3N2O3. The number of benzene rings is 2. The highest BCUT2D eigenvalue weighted by molar-refractivity contribution is 6.00. The maximum absolute atomic E-state index is 13.9. The van der Waals surface area contributed by atoms with Crippen molar-refractivity contribution in [2.75, 3.05) is 0 Å². The first kappa shape index (κ1) is 20.9. The van der Waals surface area contributed by atoms with E-state index in [2.05, 4.69) is 5.32 Å². The second-order valence-corrected chi connectivity index (χ2v) is 7.14. The average molecular weight is 406 g/mol. The van der Waals surface area contributed by atoms with E-state index in [1.54, 1.807) is 43.3 Å². The number of nitrogens with one attached hydrogen (secondary N) is 2. The molecule has 0 aromatic heterocycles. The van der Waals surface area contributed by atoms with Crippen molar-refractivity contribution in [1.82, 2.24) is 10.6 Å². The van der Waals surface area contributed by atoms with Crippen molar-refractivity contribution in [1.29, 1.82) is 0 Å². The third kappa shape index (κ3) is 3.85. The summed E-state index contributed by atoms with van der Waals surface area (Å²) in [5.41, 5.74) is -1.64. The summed E-state index contributed by atoms with van der Waals surface area (Å²) in [6.07, 6.45) is -4.55. The lowest BCUT2D eigenvalue weighted by Crippen LogP contribution is -2.72. The van der Waals surface area contributed by atoms with E-state index in [1.165, 1.54) is 17.4 Å². The number of alkyl halides is 3. The van der Waals surface area contributed by atoms with Crippen molar-refractivity contribution in [3.8, 4) is 0 Å². The van der Waals surface area contributed by atoms with Crippen LogP contribution in [-0.2, 0) is 6.42 Å². The Morgan fingerprint density at radius 3 is 2.21 bits per heavy atom. The molecule has 1 aliphatic heterocycles. The first-order valence-electron chi connectivity index (χ1n) is 9.14. The molecule has 0 unspecified atom stereocenters. The lowest BCUT2D eigenvalue weighted by atomic mass is 9.77. The van der Waals surface area contributed by atoms with Gasteiger partial charge in [-0.05, 0) is 24.5 Å². The van der Waals surface area contributed by atoms with E-state index in [1.807, 2.05) is 6.92 Å². The molecule has 1 heterocycles. The van der Waals surface area contributed by atoms with Gasteiger partial charge in [0.15, 0.2) is 5.78 Å². The highest BCUT2D eigenvalue weighted by atomic mass is 19.4. The van der Waals surface area contributed by atoms with Crippen LogP contribution in [0, 0.1) is 12.8 Å². The van der Waals surface area contributed by atoms with E-state index >= 15 is 0 Å². The summed E-state index contributed by atoms with van der Waals surface area (Å²) in [4.78, 5) is 25.1. The van der Waals surface area contributed by atoms with Crippen LogP contribution >= 0.6 is 0 Å². The second kappa shape index (κ2) is 7.51. The molecule has 0 spiro atoms. The van der Waals surface area contributed by atoms with Gasteiger partial charge in [-0.3, -0.25) is 4.79 Å². The third-order valence-electron chi connectivity index (χ3n) is 5.17. The summed E-state index contributed by atoms with van der Waals surface area (Å²) in [6.45, 7) is 3.70. The van der Waals surface area contributed by atoms with Gasteiger partial charge in [-0.15, -0.1) is 0 Å². The van der Waals surface area contributed by atoms with E-state index in [9.17, 15) is 27.9 Å². The van der Waals surface area contributed by atoms with E-state index in [-0.39, 0.29) is 5.56 Å². The number of aryl methyl sites for hydroxylation is 2. The lowest BCUT2D eigenvalue weighted by Gasteiger charge is -2.45. The van der Waals surface area contributed by atoms with Crippen LogP contribution in [0.1, 0.15) is 40.0 Å². The minimum atomic E-state index is -5.27. The number of carbonyl (C=O) groups is 2. The molecular weight excluding hydrogens is 385 g/mol. The fourth-order valence-electron chi connectivity index (χ4n) is 3.47. The van der Waals surface area contributed by atoms with Crippen molar-refractivity contribution >= 4 is 11.8 Å². The van der Waals surface area contributed by atoms with E-state index < -0.39 is 35.7 Å². The van der Waals surface area contributed by atoms with E-state index in [0.717, 1.165) is 17.5 Å². The van der Waals surface area contributed by atoms with Crippen molar-refractivity contribution in [2.45, 2.75) is 38.2 Å². The number of ketones is 1. The SMILES string of the molecule is CCc1ccc([C@H]2NC(=O)N[C@](O)(C(F)(F)F)[C@@H]2C(=O)c2ccc(C)cc2)cc1. The number of hydrogen-bond donors (Lipinski definition) is 3. The van der Waals surface area contributed by atoms with Gasteiger partial charge in [-0.2, -0.15) is 13.2 Å². The Morgan fingerprint density at radius 2 is 1.69 bits per heavy atom. The molecule has 2 aromatic rings. The van der Waals surface area contributed by atoms with Crippen LogP contribution in [0.2, 0.25) is 0 Å². The number of halogens is 3. The van der Waals surface area contributed by atoms with Gasteiger partial charge in [-0.25, -0.2) is 4.79 Å². The van der Waals surface area contributed by atoms with Crippen molar-refractivity contribution in [3.63, 3.8) is 0 Å². The zero-order chi connectivity index (χ0) is 21.4. The van der Waals surface area contributed by atoms with Crippen LogP contribution in [-0.4, -0.2) is 28.8 Å². The van der Waals surface area contributed by atoms with Crippen molar-refractivity contribution < 1.29 is 27.9 Å². The topological polar surface area (TPSA) is 78.4 Å². The molecule has 1 saturated heterocycles. The molecule has 2 aromatic carbocycles. The number of hydrogen-bond acceptors (Lipinski definition) is 3. The molecule has 0 bridgehead atoms. The van der Waals surface area contributed by atoms with Gasteiger partial charge >= 0.3 is 12.2 Å². The zero-order valence-electron chi connectivity index (χ0n) is 15.9. The van der Waals surface area contributed by atoms with Gasteiger partial charge in [0.1, 0.15) is 5.92 Å². The highest BCUT2D eigenvalue weighted by Crippen LogP contribution is 2.44. The van der Waals surface area contributed by atoms with Crippen LogP contribution in [0.5, 0.6) is 0 Å². The van der Waals surface area contributed by atoms with Crippen molar-refractivity contribution in [2.24, 2.45) is 5.92 Å². The maximum Gasteiger partial charge on any atom is 0.437 e. The molecule has 8 heteroatoms. The predicted octanol–water partition coefficient (Wildman–Crippen LogP) is 3.66. The molecule has 1 aliphatic rings. The molecule has 3 rings (SSSR count). The molecule has 154 valence electrons. The molecule has 0 saturated carbocycles. The fourth-order valence-corrected chi connectivity index (χ4v) is 3.47. The van der Waals surface area contributed by atoms with Gasteiger partial charge < -0.3 is 15.7 Å². The van der Waals surface area contributed by atoms with Crippen LogP contribution < -0.4 is 10.6 Å². The fraction of sp³-hybridized carbons (Fsp3) is 0.333. The Bertz CT molecular complexity index is 910. The number of rotatable bonds is 4. The van der Waals surface area contributed by atoms with Gasteiger partial charge in [0.25, 0.3) is 0 Å². The summed E-state index contributed by atoms with van der Waals surface area (Å²) in [6, 6.07) is 9.97. The van der Waals surface area contributed by atoms with E-state index in [4.69, 9.17) is 0 Å². The molecule has 0 aliphatic carbocycles. The number of amides is 2. The molecule has 3 atom stereocenters. The van der Waals surface area contributed by atoms with Crippen LogP contribution in [0.25, 0.3) is 0 Å². The third-order valence-corrected chi connectivity index (χ3v) is 5.17. The first-order chi connectivity index (χ1) is 13.6. The Labute approximate surface area is 165 Å². The number of carbonyl (C=O) groups excluding carboxylic acids is 2. The molecule has 5 nitrogen and oxygen atoms in total. The van der Waals surface area contributed by atoms with Gasteiger partial charge in [0.2, 0.25) is 5.72 Å². The number of Topliss-reactive ketones (excluding diaryl/α,β-unsaturated/α-hetero) is 1. The van der Waals surface area contributed by atoms with Gasteiger partial charge in [0.05, 0.1) is 6.04 Å². The summed E-state index contributed by atoms with van der Waals surface area (Å²) in [7, 11) is 0. The Morgan fingerprint density at radius 1 is 1.10 bits per heavy atom. The molecule has 29 heavy (non-hydrogen) atoms. The van der Waals surface area contributed by atoms with Gasteiger partial charge in [-0.1, -0.05) is 61.0 Å². The summed E-state index contributed by atoms with van der Waals surface area (Å²) in [5.74, 6) is -2.95. The normalized spacial score (nSPS) is 24.6. The highest BCUT2D eigenvalue weighted by Gasteiger charge is 2.66. The molecule has 1 fully saturated rings. The maximum atomic E-state index is 13.9. The standard InChI is InChI=1S/C21H21F3N2O3/c1-3-13-6-10-14(11-7-13)17-16(18(27)15-8-4-12(2)5-9-15)20(29,21(22,23)24)26-19(28)25-17/h4-11,16-17,29H,3H2,1-2H3,(H2,25,26,28)/t16-,17+,20+/m0/s1. The van der Waals surface area contributed by atoms with Crippen molar-refractivity contribution in [3.05, 3.63) is 70.8 Å². The summed E-state index contributed by atoms with van der Waals surface area (Å²) >= 11 is 0. The quantitative estimate of drug-likeness (QED) is 0.678. The minimum Gasteiger partial charge on any atom is -0.363 e. The smallest absolute Gasteiger partial charge is 0.363 e. The zero-order valence-corrected chi connectivity index (χ0v) is 15.9. The largest absolute Gasteiger partial charge is 0.437 e. The minimum absolute atomic E-state index is 0.0106. The lowest BCUT2D eigenvalue weighted by molar-refractivity contribution is -0.287. The Balaban J connectivity index is 2.13. The van der Waals surface area contributed by atoms with Gasteiger partial charge in [0, 0.05) is 5.56 Å². The van der Waals surface area contributed by atoms with Crippen LogP contribution in [0.15, 0.2) is 48.5 Å². The number of aliphatic hydroxyl groups is 1. The second-order valence-electron chi connectivity index (χ2n) is 7.14. The predicted molar refractivity (Wildman–Crippen MR) is 100 cm³/mol. The Kier molecular flexibility index (Phi) is 5.40. The first-order valence-corrected chi connectivity index (χ1v) is 9.14. The molecule has 3 N–H and O–H groups in total. The average Bonchev–Trinajstić information content (AvgIpc) is 2.67. The molecule has 0 radical (unpaired) electrons. The van der Waals surface area contributed by atoms with E-state index in [0.29, 0.717) is 5.56 Å². The van der Waals surface area contributed by atoms with Crippen LogP contribution in [0.3, 0.4) is 0 Å². The molecule has 2 amide bonds. The summed E-state index contributed by atoms with van der Waals surface area (Å²) in [5, 5.41) is 14.4. The summed E-state index contributed by atoms with van der Waals surface area (Å²) < 4.78 is 41.6. The van der Waals surface area contributed by atoms with Crippen LogP contribution in [0.4, 0.5) is 18.0 Å². The number of urea groups is 1. The monoisotopic (exact) mass is 406 g/mol. The Hall–Kier alpha value is -2.87.